The van der Waals surface area contributed by atoms with Gasteiger partial charge in [-0.1, -0.05) is 35.9 Å². The summed E-state index contributed by atoms with van der Waals surface area (Å²) in [6.45, 7) is 0. The summed E-state index contributed by atoms with van der Waals surface area (Å²) in [5, 5.41) is 4.33. The minimum absolute atomic E-state index is 0.110. The summed E-state index contributed by atoms with van der Waals surface area (Å²) >= 11 is 6.01. The van der Waals surface area contributed by atoms with Gasteiger partial charge in [0.25, 0.3) is 5.56 Å². The van der Waals surface area contributed by atoms with Crippen LogP contribution in [0.1, 0.15) is 0 Å². The maximum absolute atomic E-state index is 12.2. The topological polar surface area (TPSA) is 37.8 Å². The van der Waals surface area contributed by atoms with Gasteiger partial charge in [0.1, 0.15) is 5.65 Å². The van der Waals surface area contributed by atoms with Crippen molar-refractivity contribution in [3.63, 3.8) is 0 Å². The molecule has 4 rings (SSSR count). The number of fused-ring (bicyclic) bond motifs is 5. The van der Waals surface area contributed by atoms with Gasteiger partial charge in [-0.15, -0.1) is 0 Å². The summed E-state index contributed by atoms with van der Waals surface area (Å²) < 4.78 is 2.01. The van der Waals surface area contributed by atoms with Crippen LogP contribution < -0.4 is 5.56 Å². The zero-order valence-corrected chi connectivity index (χ0v) is 11.5. The molecule has 20 heavy (non-hydrogen) atoms. The normalized spacial score (nSPS) is 11.7. The summed E-state index contributed by atoms with van der Waals surface area (Å²) in [7, 11) is 1.96. The summed E-state index contributed by atoms with van der Waals surface area (Å²) in [6.07, 6.45) is 0. The standard InChI is InChI=1S/C16H11ClN2O/c1-19-13-5-3-2-4-11(13)14-10-7-6-9(17)8-12(10)16(20)18-15(14)19/h2-8H,1H3,(H,18,20). The Kier molecular flexibility index (Phi) is 2.24. The molecule has 2 heterocycles. The van der Waals surface area contributed by atoms with E-state index in [2.05, 4.69) is 17.1 Å². The third kappa shape index (κ3) is 1.38. The Labute approximate surface area is 119 Å². The highest BCUT2D eigenvalue weighted by molar-refractivity contribution is 6.32. The van der Waals surface area contributed by atoms with Gasteiger partial charge in [-0.3, -0.25) is 4.79 Å². The fourth-order valence-electron chi connectivity index (χ4n) is 2.91. The Bertz CT molecular complexity index is 1040. The van der Waals surface area contributed by atoms with Crippen LogP contribution in [0.4, 0.5) is 0 Å². The number of hydrogen-bond donors (Lipinski definition) is 1. The molecule has 0 amide bonds. The van der Waals surface area contributed by atoms with E-state index in [0.29, 0.717) is 10.4 Å². The van der Waals surface area contributed by atoms with E-state index in [1.54, 1.807) is 6.07 Å². The Morgan fingerprint density at radius 2 is 1.85 bits per heavy atom. The van der Waals surface area contributed by atoms with Crippen molar-refractivity contribution < 1.29 is 0 Å². The molecule has 0 saturated carbocycles. The molecule has 4 heteroatoms. The second kappa shape index (κ2) is 3.87. The fourth-order valence-corrected chi connectivity index (χ4v) is 3.08. The zero-order valence-electron chi connectivity index (χ0n) is 10.8. The summed E-state index contributed by atoms with van der Waals surface area (Å²) in [6, 6.07) is 13.6. The van der Waals surface area contributed by atoms with Crippen molar-refractivity contribution in [3.05, 3.63) is 57.8 Å². The molecule has 98 valence electrons. The number of pyridine rings is 1. The van der Waals surface area contributed by atoms with Crippen LogP contribution in [-0.2, 0) is 7.05 Å². The van der Waals surface area contributed by atoms with Gasteiger partial charge >= 0.3 is 0 Å². The molecule has 4 aromatic rings. The molecule has 1 N–H and O–H groups in total. The van der Waals surface area contributed by atoms with Crippen molar-refractivity contribution in [2.45, 2.75) is 0 Å². The van der Waals surface area contributed by atoms with Crippen molar-refractivity contribution in [3.8, 4) is 0 Å². The molecular formula is C16H11ClN2O. The van der Waals surface area contributed by atoms with Crippen LogP contribution in [0.5, 0.6) is 0 Å². The quantitative estimate of drug-likeness (QED) is 0.523. The van der Waals surface area contributed by atoms with Crippen molar-refractivity contribution in [1.29, 1.82) is 0 Å². The molecule has 0 fully saturated rings. The molecule has 0 saturated heterocycles. The SMILES string of the molecule is Cn1c2ccccc2c2c3ccc(Cl)cc3c(=O)[nH]c21. The molecule has 0 aliphatic rings. The van der Waals surface area contributed by atoms with E-state index >= 15 is 0 Å². The van der Waals surface area contributed by atoms with Gasteiger partial charge in [-0.25, -0.2) is 0 Å². The van der Waals surface area contributed by atoms with Crippen molar-refractivity contribution in [2.75, 3.05) is 0 Å². The zero-order chi connectivity index (χ0) is 13.9. The first-order chi connectivity index (χ1) is 9.66. The van der Waals surface area contributed by atoms with Crippen LogP contribution in [0.25, 0.3) is 32.7 Å². The fraction of sp³-hybridized carbons (Fsp3) is 0.0625. The average Bonchev–Trinajstić information content (AvgIpc) is 2.73. The third-order valence-electron chi connectivity index (χ3n) is 3.83. The Morgan fingerprint density at radius 3 is 2.70 bits per heavy atom. The van der Waals surface area contributed by atoms with Gasteiger partial charge in [-0.2, -0.15) is 0 Å². The monoisotopic (exact) mass is 282 g/mol. The van der Waals surface area contributed by atoms with E-state index < -0.39 is 0 Å². The number of nitrogens with one attached hydrogen (secondary N) is 1. The molecule has 2 aromatic carbocycles. The van der Waals surface area contributed by atoms with E-state index in [0.717, 1.165) is 27.3 Å². The lowest BCUT2D eigenvalue weighted by atomic mass is 10.1. The molecular weight excluding hydrogens is 272 g/mol. The van der Waals surface area contributed by atoms with Gasteiger partial charge in [-0.05, 0) is 23.6 Å². The number of aryl methyl sites for hydroxylation is 1. The minimum Gasteiger partial charge on any atom is -0.330 e. The minimum atomic E-state index is -0.110. The molecule has 0 aliphatic heterocycles. The Morgan fingerprint density at radius 1 is 1.05 bits per heavy atom. The van der Waals surface area contributed by atoms with Gasteiger partial charge in [0.05, 0.1) is 5.52 Å². The van der Waals surface area contributed by atoms with Crippen LogP contribution >= 0.6 is 11.6 Å². The second-order valence-corrected chi connectivity index (χ2v) is 5.38. The average molecular weight is 283 g/mol. The summed E-state index contributed by atoms with van der Waals surface area (Å²) in [4.78, 5) is 15.2. The van der Waals surface area contributed by atoms with E-state index in [1.807, 2.05) is 35.9 Å². The van der Waals surface area contributed by atoms with Crippen molar-refractivity contribution in [1.82, 2.24) is 9.55 Å². The molecule has 3 nitrogen and oxygen atoms in total. The summed E-state index contributed by atoms with van der Waals surface area (Å²) in [5.41, 5.74) is 1.83. The number of nitrogens with zero attached hydrogens (tertiary/aromatic N) is 1. The van der Waals surface area contributed by atoms with Gasteiger partial charge in [0.15, 0.2) is 0 Å². The number of para-hydroxylation sites is 1. The highest BCUT2D eigenvalue weighted by Crippen LogP contribution is 2.32. The van der Waals surface area contributed by atoms with Gasteiger partial charge in [0.2, 0.25) is 0 Å². The molecule has 0 atom stereocenters. The van der Waals surface area contributed by atoms with Crippen LogP contribution in [-0.4, -0.2) is 9.55 Å². The van der Waals surface area contributed by atoms with Crippen LogP contribution in [0.3, 0.4) is 0 Å². The Balaban J connectivity index is 2.42. The van der Waals surface area contributed by atoms with Crippen LogP contribution in [0, 0.1) is 0 Å². The number of H-pyrrole nitrogens is 1. The molecule has 2 aromatic heterocycles. The lowest BCUT2D eigenvalue weighted by molar-refractivity contribution is 0.986. The van der Waals surface area contributed by atoms with Crippen molar-refractivity contribution >= 4 is 44.3 Å². The summed E-state index contributed by atoms with van der Waals surface area (Å²) in [5.74, 6) is 0. The number of hydrogen-bond acceptors (Lipinski definition) is 1. The molecule has 0 bridgehead atoms. The molecule has 0 spiro atoms. The third-order valence-corrected chi connectivity index (χ3v) is 4.07. The number of aromatic nitrogens is 2. The first-order valence-corrected chi connectivity index (χ1v) is 6.73. The van der Waals surface area contributed by atoms with E-state index in [4.69, 9.17) is 11.6 Å². The van der Waals surface area contributed by atoms with E-state index in [-0.39, 0.29) is 5.56 Å². The predicted molar refractivity (Wildman–Crippen MR) is 83.6 cm³/mol. The van der Waals surface area contributed by atoms with E-state index in [9.17, 15) is 4.79 Å². The maximum atomic E-state index is 12.2. The highest BCUT2D eigenvalue weighted by atomic mass is 35.5. The lowest BCUT2D eigenvalue weighted by Gasteiger charge is -2.02. The highest BCUT2D eigenvalue weighted by Gasteiger charge is 2.13. The number of aromatic amines is 1. The maximum Gasteiger partial charge on any atom is 0.257 e. The Hall–Kier alpha value is -2.26. The van der Waals surface area contributed by atoms with Crippen molar-refractivity contribution in [2.24, 2.45) is 7.05 Å². The number of rotatable bonds is 0. The number of halogens is 1. The van der Waals surface area contributed by atoms with E-state index in [1.165, 1.54) is 0 Å². The molecule has 0 aliphatic carbocycles. The first kappa shape index (κ1) is 11.6. The molecule has 0 unspecified atom stereocenters. The lowest BCUT2D eigenvalue weighted by Crippen LogP contribution is -2.07. The molecule has 0 radical (unpaired) electrons. The van der Waals surface area contributed by atoms with Gasteiger partial charge in [0, 0.05) is 28.2 Å². The van der Waals surface area contributed by atoms with Crippen LogP contribution in [0.15, 0.2) is 47.3 Å². The first-order valence-electron chi connectivity index (χ1n) is 6.35. The van der Waals surface area contributed by atoms with Crippen LogP contribution in [0.2, 0.25) is 5.02 Å². The number of benzene rings is 2. The smallest absolute Gasteiger partial charge is 0.257 e. The largest absolute Gasteiger partial charge is 0.330 e. The second-order valence-electron chi connectivity index (χ2n) is 4.94. The predicted octanol–water partition coefficient (Wildman–Crippen LogP) is 3.83. The van der Waals surface area contributed by atoms with Gasteiger partial charge < -0.3 is 9.55 Å².